The van der Waals surface area contributed by atoms with Gasteiger partial charge in [-0.25, -0.2) is 4.98 Å². The third-order valence-electron chi connectivity index (χ3n) is 4.02. The molecule has 0 aliphatic carbocycles. The summed E-state index contributed by atoms with van der Waals surface area (Å²) in [5.74, 6) is -0.443. The summed E-state index contributed by atoms with van der Waals surface area (Å²) in [6.07, 6.45) is 3.03. The molecule has 0 spiro atoms. The zero-order valence-corrected chi connectivity index (χ0v) is 14.8. The fraction of sp³-hybridized carbons (Fsp3) is 0.0500. The summed E-state index contributed by atoms with van der Waals surface area (Å²) in [4.78, 5) is 18.1. The highest BCUT2D eigenvalue weighted by atomic mass is 32.2. The van der Waals surface area contributed by atoms with Gasteiger partial charge in [-0.2, -0.15) is 9.61 Å². The number of ketones is 1. The lowest BCUT2D eigenvalue weighted by molar-refractivity contribution is 0.101. The first-order valence-corrected chi connectivity index (χ1v) is 8.85. The summed E-state index contributed by atoms with van der Waals surface area (Å²) < 4.78 is 1.29. The van der Waals surface area contributed by atoms with Crippen molar-refractivity contribution in [3.63, 3.8) is 0 Å². The minimum atomic E-state index is -0.253. The molecule has 0 saturated carbocycles. The number of fused-ring (bicyclic) bond motifs is 1. The minimum Gasteiger partial charge on any atom is -0.493 e. The molecule has 1 N–H and O–H groups in total. The summed E-state index contributed by atoms with van der Waals surface area (Å²) >= 11 is 1.69. The van der Waals surface area contributed by atoms with Crippen molar-refractivity contribution in [1.82, 2.24) is 14.6 Å². The maximum Gasteiger partial charge on any atom is 0.226 e. The van der Waals surface area contributed by atoms with Crippen LogP contribution in [-0.4, -0.2) is 25.5 Å². The average molecular weight is 361 g/mol. The van der Waals surface area contributed by atoms with E-state index >= 15 is 0 Å². The number of benzene rings is 2. The van der Waals surface area contributed by atoms with Gasteiger partial charge in [0.15, 0.2) is 11.4 Å². The van der Waals surface area contributed by atoms with E-state index in [0.29, 0.717) is 5.65 Å². The predicted octanol–water partition coefficient (Wildman–Crippen LogP) is 4.46. The lowest BCUT2D eigenvalue weighted by atomic mass is 10.1. The Bertz CT molecular complexity index is 1090. The number of rotatable bonds is 4. The van der Waals surface area contributed by atoms with Gasteiger partial charge >= 0.3 is 0 Å². The second-order valence-electron chi connectivity index (χ2n) is 5.78. The molecule has 0 aliphatic heterocycles. The monoisotopic (exact) mass is 361 g/mol. The van der Waals surface area contributed by atoms with Crippen LogP contribution >= 0.6 is 11.8 Å². The fourth-order valence-electron chi connectivity index (χ4n) is 2.70. The SMILES string of the molecule is CC(=O)c1cnc2c(-c3ccc(Sc4ccccc4)cc3)cnn2c1O. The Kier molecular flexibility index (Phi) is 4.18. The van der Waals surface area contributed by atoms with Crippen LogP contribution in [0.15, 0.2) is 76.8 Å². The van der Waals surface area contributed by atoms with Gasteiger partial charge < -0.3 is 5.11 Å². The molecule has 0 aliphatic rings. The number of hydrogen-bond acceptors (Lipinski definition) is 5. The Morgan fingerprint density at radius 1 is 1.00 bits per heavy atom. The molecule has 0 saturated heterocycles. The van der Waals surface area contributed by atoms with Gasteiger partial charge in [0.05, 0.1) is 11.8 Å². The van der Waals surface area contributed by atoms with E-state index in [1.807, 2.05) is 42.5 Å². The quantitative estimate of drug-likeness (QED) is 0.544. The van der Waals surface area contributed by atoms with Crippen LogP contribution < -0.4 is 0 Å². The maximum absolute atomic E-state index is 11.5. The van der Waals surface area contributed by atoms with Gasteiger partial charge in [0, 0.05) is 21.6 Å². The number of carbonyl (C=O) groups is 1. The van der Waals surface area contributed by atoms with Crippen molar-refractivity contribution in [3.8, 4) is 17.0 Å². The molecule has 2 aromatic heterocycles. The second-order valence-corrected chi connectivity index (χ2v) is 6.93. The molecular weight excluding hydrogens is 346 g/mol. The zero-order valence-electron chi connectivity index (χ0n) is 14.0. The van der Waals surface area contributed by atoms with Gasteiger partial charge in [0.25, 0.3) is 0 Å². The molecule has 26 heavy (non-hydrogen) atoms. The smallest absolute Gasteiger partial charge is 0.226 e. The summed E-state index contributed by atoms with van der Waals surface area (Å²) in [5.41, 5.74) is 2.41. The van der Waals surface area contributed by atoms with E-state index in [2.05, 4.69) is 22.2 Å². The van der Waals surface area contributed by atoms with Crippen molar-refractivity contribution in [2.24, 2.45) is 0 Å². The van der Waals surface area contributed by atoms with Crippen LogP contribution in [0, 0.1) is 0 Å². The summed E-state index contributed by atoms with van der Waals surface area (Å²) in [6.45, 7) is 1.39. The molecule has 2 heterocycles. The Balaban J connectivity index is 1.67. The van der Waals surface area contributed by atoms with Gasteiger partial charge in [-0.15, -0.1) is 0 Å². The van der Waals surface area contributed by atoms with Gasteiger partial charge in [0.1, 0.15) is 0 Å². The van der Waals surface area contributed by atoms with Crippen LogP contribution in [0.2, 0.25) is 0 Å². The number of Topliss-reactive ketones (excluding diaryl/α,β-unsaturated/α-hetero) is 1. The molecule has 0 radical (unpaired) electrons. The second kappa shape index (κ2) is 6.65. The normalized spacial score (nSPS) is 11.0. The molecule has 0 fully saturated rings. The molecule has 5 nitrogen and oxygen atoms in total. The number of aromatic hydroxyl groups is 1. The molecule has 128 valence electrons. The van der Waals surface area contributed by atoms with E-state index in [9.17, 15) is 9.90 Å². The molecule has 0 bridgehead atoms. The van der Waals surface area contributed by atoms with Gasteiger partial charge in [-0.05, 0) is 36.8 Å². The fourth-order valence-corrected chi connectivity index (χ4v) is 3.54. The predicted molar refractivity (Wildman–Crippen MR) is 101 cm³/mol. The van der Waals surface area contributed by atoms with Crippen molar-refractivity contribution < 1.29 is 9.90 Å². The lowest BCUT2D eigenvalue weighted by Gasteiger charge is -2.05. The van der Waals surface area contributed by atoms with E-state index in [0.717, 1.165) is 16.0 Å². The topological polar surface area (TPSA) is 67.5 Å². The Labute approximate surface area is 154 Å². The Hall–Kier alpha value is -3.12. The first kappa shape index (κ1) is 16.4. The highest BCUT2D eigenvalue weighted by Gasteiger charge is 2.16. The number of aromatic nitrogens is 3. The maximum atomic E-state index is 11.5. The van der Waals surface area contributed by atoms with E-state index in [1.165, 1.54) is 22.5 Å². The highest BCUT2D eigenvalue weighted by Crippen LogP contribution is 2.31. The Morgan fingerprint density at radius 3 is 2.38 bits per heavy atom. The third-order valence-corrected chi connectivity index (χ3v) is 5.04. The first-order valence-electron chi connectivity index (χ1n) is 8.03. The summed E-state index contributed by atoms with van der Waals surface area (Å²) in [6, 6.07) is 18.3. The summed E-state index contributed by atoms with van der Waals surface area (Å²) in [7, 11) is 0. The largest absolute Gasteiger partial charge is 0.493 e. The van der Waals surface area contributed by atoms with Crippen LogP contribution in [0.5, 0.6) is 5.88 Å². The molecule has 0 atom stereocenters. The molecule has 6 heteroatoms. The van der Waals surface area contributed by atoms with Crippen LogP contribution in [0.1, 0.15) is 17.3 Å². The van der Waals surface area contributed by atoms with Crippen LogP contribution in [0.25, 0.3) is 16.8 Å². The van der Waals surface area contributed by atoms with E-state index < -0.39 is 0 Å². The highest BCUT2D eigenvalue weighted by molar-refractivity contribution is 7.99. The summed E-state index contributed by atoms with van der Waals surface area (Å²) in [5, 5.41) is 14.4. The standard InChI is InChI=1S/C20H15N3O2S/c1-13(24)17-11-21-19-18(12-22-23(19)20(17)25)14-7-9-16(10-8-14)26-15-5-3-2-4-6-15/h2-12,25H,1H3. The molecule has 4 aromatic rings. The van der Waals surface area contributed by atoms with Gasteiger partial charge in [-0.1, -0.05) is 42.1 Å². The van der Waals surface area contributed by atoms with E-state index in [-0.39, 0.29) is 17.2 Å². The molecule has 0 amide bonds. The number of carbonyl (C=O) groups excluding carboxylic acids is 1. The van der Waals surface area contributed by atoms with E-state index in [4.69, 9.17) is 0 Å². The molecular formula is C20H15N3O2S. The van der Waals surface area contributed by atoms with Crippen molar-refractivity contribution in [2.75, 3.05) is 0 Å². The first-order chi connectivity index (χ1) is 12.6. The molecule has 2 aromatic carbocycles. The van der Waals surface area contributed by atoms with Gasteiger partial charge in [0.2, 0.25) is 5.88 Å². The molecule has 0 unspecified atom stereocenters. The van der Waals surface area contributed by atoms with Crippen LogP contribution in [-0.2, 0) is 0 Å². The minimum absolute atomic E-state index is 0.154. The zero-order chi connectivity index (χ0) is 18.1. The van der Waals surface area contributed by atoms with Gasteiger partial charge in [-0.3, -0.25) is 4.79 Å². The van der Waals surface area contributed by atoms with Crippen LogP contribution in [0.4, 0.5) is 0 Å². The number of nitrogens with zero attached hydrogens (tertiary/aromatic N) is 3. The van der Waals surface area contributed by atoms with Crippen molar-refractivity contribution >= 4 is 23.2 Å². The Morgan fingerprint density at radius 2 is 1.69 bits per heavy atom. The van der Waals surface area contributed by atoms with Crippen LogP contribution in [0.3, 0.4) is 0 Å². The third kappa shape index (κ3) is 2.95. The van der Waals surface area contributed by atoms with Crippen molar-refractivity contribution in [3.05, 3.63) is 72.6 Å². The number of hydrogen-bond donors (Lipinski definition) is 1. The lowest BCUT2D eigenvalue weighted by Crippen LogP contribution is -2.00. The molecule has 4 rings (SSSR count). The van der Waals surface area contributed by atoms with E-state index in [1.54, 1.807) is 18.0 Å². The average Bonchev–Trinajstić information content (AvgIpc) is 3.08. The van der Waals surface area contributed by atoms with Crippen molar-refractivity contribution in [1.29, 1.82) is 0 Å². The van der Waals surface area contributed by atoms with Crippen molar-refractivity contribution in [2.45, 2.75) is 16.7 Å².